The Morgan fingerprint density at radius 1 is 1.19 bits per heavy atom. The summed E-state index contributed by atoms with van der Waals surface area (Å²) < 4.78 is 0. The van der Waals surface area contributed by atoms with E-state index in [1.165, 1.54) is 18.3 Å². The molecule has 2 aromatic rings. The van der Waals surface area contributed by atoms with Crippen LogP contribution in [0.3, 0.4) is 0 Å². The lowest BCUT2D eigenvalue weighted by molar-refractivity contribution is 0.0690. The van der Waals surface area contributed by atoms with Crippen LogP contribution in [0.4, 0.5) is 16.2 Å². The first-order chi connectivity index (χ1) is 9.95. The molecule has 0 radical (unpaired) electrons. The summed E-state index contributed by atoms with van der Waals surface area (Å²) in [4.78, 5) is 26.2. The molecule has 0 aliphatic carbocycles. The van der Waals surface area contributed by atoms with Gasteiger partial charge in [-0.15, -0.1) is 0 Å². The molecule has 0 saturated carbocycles. The molecule has 108 valence electrons. The third kappa shape index (κ3) is 3.93. The molecule has 0 saturated heterocycles. The Morgan fingerprint density at radius 3 is 2.57 bits per heavy atom. The molecule has 2 rings (SSSR count). The first-order valence-electron chi connectivity index (χ1n) is 5.99. The first kappa shape index (κ1) is 14.8. The van der Waals surface area contributed by atoms with Crippen LogP contribution < -0.4 is 10.6 Å². The van der Waals surface area contributed by atoms with Crippen LogP contribution in [0.1, 0.15) is 16.1 Å². The molecule has 0 spiro atoms. The minimum Gasteiger partial charge on any atom is -0.477 e. The number of benzene rings is 1. The minimum absolute atomic E-state index is 0.0911. The number of hydrogen-bond acceptors (Lipinski definition) is 3. The van der Waals surface area contributed by atoms with Crippen LogP contribution in [0.2, 0.25) is 5.02 Å². The number of carboxylic acid groups (broad SMARTS) is 1. The van der Waals surface area contributed by atoms with Crippen molar-refractivity contribution in [2.75, 3.05) is 10.6 Å². The maximum Gasteiger partial charge on any atom is 0.354 e. The highest BCUT2D eigenvalue weighted by Crippen LogP contribution is 2.20. The summed E-state index contributed by atoms with van der Waals surface area (Å²) in [6, 6.07) is 7.46. The van der Waals surface area contributed by atoms with Gasteiger partial charge >= 0.3 is 12.0 Å². The summed E-state index contributed by atoms with van der Waals surface area (Å²) >= 11 is 5.87. The van der Waals surface area contributed by atoms with E-state index in [4.69, 9.17) is 16.7 Å². The van der Waals surface area contributed by atoms with Crippen molar-refractivity contribution in [3.8, 4) is 0 Å². The second-order valence-corrected chi connectivity index (χ2v) is 4.71. The maximum absolute atomic E-state index is 11.9. The molecular weight excluding hydrogens is 294 g/mol. The van der Waals surface area contributed by atoms with E-state index in [9.17, 15) is 9.59 Å². The monoisotopic (exact) mass is 305 g/mol. The highest BCUT2D eigenvalue weighted by molar-refractivity contribution is 6.31. The smallest absolute Gasteiger partial charge is 0.354 e. The summed E-state index contributed by atoms with van der Waals surface area (Å²) in [5.74, 6) is -1.12. The maximum atomic E-state index is 11.9. The van der Waals surface area contributed by atoms with E-state index < -0.39 is 12.0 Å². The Hall–Kier alpha value is -2.60. The Kier molecular flexibility index (Phi) is 4.39. The Balaban J connectivity index is 2.04. The summed E-state index contributed by atoms with van der Waals surface area (Å²) in [5.41, 5.74) is 1.76. The number of aromatic carboxylic acids is 1. The molecular formula is C14H12ClN3O3. The number of hydrogen-bond donors (Lipinski definition) is 3. The lowest BCUT2D eigenvalue weighted by Gasteiger charge is -2.10. The number of aromatic nitrogens is 1. The van der Waals surface area contributed by atoms with Crippen molar-refractivity contribution >= 4 is 35.0 Å². The number of nitrogens with zero attached hydrogens (tertiary/aromatic N) is 1. The fourth-order valence-corrected chi connectivity index (χ4v) is 1.78. The molecule has 3 N–H and O–H groups in total. The molecule has 7 heteroatoms. The largest absolute Gasteiger partial charge is 0.477 e. The number of carbonyl (C=O) groups is 2. The molecule has 0 aliphatic rings. The van der Waals surface area contributed by atoms with E-state index in [1.807, 2.05) is 6.92 Å². The van der Waals surface area contributed by atoms with Gasteiger partial charge in [-0.25, -0.2) is 14.6 Å². The van der Waals surface area contributed by atoms with Crippen molar-refractivity contribution < 1.29 is 14.7 Å². The van der Waals surface area contributed by atoms with E-state index in [0.717, 1.165) is 5.56 Å². The van der Waals surface area contributed by atoms with E-state index in [1.54, 1.807) is 18.2 Å². The normalized spacial score (nSPS) is 10.0. The third-order valence-electron chi connectivity index (χ3n) is 2.69. The first-order valence-corrected chi connectivity index (χ1v) is 6.37. The predicted molar refractivity (Wildman–Crippen MR) is 80.0 cm³/mol. The number of amides is 2. The van der Waals surface area contributed by atoms with Crippen LogP contribution in [0.15, 0.2) is 36.5 Å². The van der Waals surface area contributed by atoms with Gasteiger partial charge in [-0.3, -0.25) is 0 Å². The van der Waals surface area contributed by atoms with Crippen molar-refractivity contribution in [3.05, 3.63) is 52.8 Å². The zero-order valence-electron chi connectivity index (χ0n) is 11.1. The number of carboxylic acids is 1. The second kappa shape index (κ2) is 6.23. The Morgan fingerprint density at radius 2 is 1.95 bits per heavy atom. The summed E-state index contributed by atoms with van der Waals surface area (Å²) in [5, 5.41) is 14.5. The van der Waals surface area contributed by atoms with Crippen molar-refractivity contribution in [2.45, 2.75) is 6.92 Å². The molecule has 0 bridgehead atoms. The number of carbonyl (C=O) groups excluding carboxylic acids is 1. The fourth-order valence-electron chi connectivity index (χ4n) is 1.61. The fraction of sp³-hybridized carbons (Fsp3) is 0.0714. The van der Waals surface area contributed by atoms with Gasteiger partial charge in [-0.2, -0.15) is 0 Å². The Bertz CT molecular complexity index is 686. The SMILES string of the molecule is Cc1ccc(Cl)cc1NC(=O)Nc1ccc(C(=O)O)nc1. The molecule has 2 amide bonds. The molecule has 1 aromatic heterocycles. The molecule has 6 nitrogen and oxygen atoms in total. The lowest BCUT2D eigenvalue weighted by Crippen LogP contribution is -2.20. The Labute approximate surface area is 125 Å². The molecule has 0 atom stereocenters. The summed E-state index contributed by atoms with van der Waals surface area (Å²) in [6.45, 7) is 1.84. The lowest BCUT2D eigenvalue weighted by atomic mass is 10.2. The number of rotatable bonds is 3. The van der Waals surface area contributed by atoms with Crippen molar-refractivity contribution in [3.63, 3.8) is 0 Å². The van der Waals surface area contributed by atoms with Crippen LogP contribution in [0.25, 0.3) is 0 Å². The van der Waals surface area contributed by atoms with Crippen LogP contribution in [0, 0.1) is 6.92 Å². The molecule has 21 heavy (non-hydrogen) atoms. The molecule has 0 aliphatic heterocycles. The van der Waals surface area contributed by atoms with Gasteiger partial charge in [0.05, 0.1) is 11.9 Å². The molecule has 0 fully saturated rings. The number of pyridine rings is 1. The van der Waals surface area contributed by atoms with Gasteiger partial charge in [0, 0.05) is 10.7 Å². The summed E-state index contributed by atoms with van der Waals surface area (Å²) in [6.07, 6.45) is 1.27. The van der Waals surface area contributed by atoms with Gasteiger partial charge < -0.3 is 15.7 Å². The van der Waals surface area contributed by atoms with Crippen LogP contribution >= 0.6 is 11.6 Å². The number of nitrogens with one attached hydrogen (secondary N) is 2. The minimum atomic E-state index is -1.12. The van der Waals surface area contributed by atoms with Gasteiger partial charge in [0.1, 0.15) is 5.69 Å². The molecule has 1 heterocycles. The van der Waals surface area contributed by atoms with Crippen LogP contribution in [-0.2, 0) is 0 Å². The van der Waals surface area contributed by atoms with Gasteiger partial charge in [-0.05, 0) is 36.8 Å². The van der Waals surface area contributed by atoms with E-state index in [0.29, 0.717) is 16.4 Å². The van der Waals surface area contributed by atoms with Crippen LogP contribution in [0.5, 0.6) is 0 Å². The average Bonchev–Trinajstić information content (AvgIpc) is 2.43. The average molecular weight is 306 g/mol. The number of aryl methyl sites for hydroxylation is 1. The third-order valence-corrected chi connectivity index (χ3v) is 2.92. The zero-order chi connectivity index (χ0) is 15.4. The number of halogens is 1. The highest BCUT2D eigenvalue weighted by Gasteiger charge is 2.07. The highest BCUT2D eigenvalue weighted by atomic mass is 35.5. The van der Waals surface area contributed by atoms with E-state index in [2.05, 4.69) is 15.6 Å². The van der Waals surface area contributed by atoms with E-state index >= 15 is 0 Å². The standard InChI is InChI=1S/C14H12ClN3O3/c1-8-2-3-9(15)6-12(8)18-14(21)17-10-4-5-11(13(19)20)16-7-10/h2-7H,1H3,(H,19,20)(H2,17,18,21). The van der Waals surface area contributed by atoms with Gasteiger partial charge in [0.15, 0.2) is 0 Å². The quantitative estimate of drug-likeness (QED) is 0.810. The van der Waals surface area contributed by atoms with E-state index in [-0.39, 0.29) is 5.69 Å². The van der Waals surface area contributed by atoms with Crippen molar-refractivity contribution in [1.29, 1.82) is 0 Å². The number of urea groups is 1. The number of anilines is 2. The molecule has 1 aromatic carbocycles. The predicted octanol–water partition coefficient (Wildman–Crippen LogP) is 3.39. The summed E-state index contributed by atoms with van der Waals surface area (Å²) in [7, 11) is 0. The van der Waals surface area contributed by atoms with Gasteiger partial charge in [0.25, 0.3) is 0 Å². The van der Waals surface area contributed by atoms with Crippen molar-refractivity contribution in [1.82, 2.24) is 4.98 Å². The second-order valence-electron chi connectivity index (χ2n) is 4.28. The molecule has 0 unspecified atom stereocenters. The van der Waals surface area contributed by atoms with Gasteiger partial charge in [0.2, 0.25) is 0 Å². The van der Waals surface area contributed by atoms with Crippen LogP contribution in [-0.4, -0.2) is 22.1 Å². The van der Waals surface area contributed by atoms with Crippen molar-refractivity contribution in [2.24, 2.45) is 0 Å². The zero-order valence-corrected chi connectivity index (χ0v) is 11.8. The van der Waals surface area contributed by atoms with Gasteiger partial charge in [-0.1, -0.05) is 17.7 Å². The topological polar surface area (TPSA) is 91.3 Å².